The predicted octanol–water partition coefficient (Wildman–Crippen LogP) is 1.18. The van der Waals surface area contributed by atoms with Crippen LogP contribution in [0.4, 0.5) is 0 Å². The molecule has 0 saturated carbocycles. The number of nitrogens with zero attached hydrogens (tertiary/aromatic N) is 4. The van der Waals surface area contributed by atoms with Crippen LogP contribution in [0.25, 0.3) is 0 Å². The van der Waals surface area contributed by atoms with Crippen LogP contribution >= 0.6 is 0 Å². The van der Waals surface area contributed by atoms with Crippen LogP contribution in [0, 0.1) is 0 Å². The fourth-order valence-electron chi connectivity index (χ4n) is 4.01. The van der Waals surface area contributed by atoms with Gasteiger partial charge in [-0.05, 0) is 23.3 Å². The van der Waals surface area contributed by atoms with Crippen LogP contribution in [0.2, 0.25) is 0 Å². The van der Waals surface area contributed by atoms with Gasteiger partial charge in [-0.2, -0.15) is 0 Å². The van der Waals surface area contributed by atoms with Gasteiger partial charge >= 0.3 is 0 Å². The first-order chi connectivity index (χ1) is 13.1. The van der Waals surface area contributed by atoms with E-state index in [4.69, 9.17) is 0 Å². The summed E-state index contributed by atoms with van der Waals surface area (Å²) in [4.78, 5) is 35.8. The highest BCUT2D eigenvalue weighted by Gasteiger charge is 2.46. The molecule has 6 heteroatoms. The normalized spacial score (nSPS) is 23.4. The van der Waals surface area contributed by atoms with Gasteiger partial charge in [0.1, 0.15) is 12.1 Å². The standard InChI is InChI=1S/C21H24N4O2/c1-23-18(13-16-5-3-2-4-6-16)21(27)25-12-11-24(15-19(25)20(23)26)14-17-7-9-22-10-8-17/h2-10,18-19H,11-15H2,1H3/t18-,19+/m0/s1. The predicted molar refractivity (Wildman–Crippen MR) is 102 cm³/mol. The minimum atomic E-state index is -0.414. The van der Waals surface area contributed by atoms with E-state index in [0.717, 1.165) is 18.7 Å². The highest BCUT2D eigenvalue weighted by molar-refractivity contribution is 5.97. The van der Waals surface area contributed by atoms with Gasteiger partial charge in [0.2, 0.25) is 11.8 Å². The lowest BCUT2D eigenvalue weighted by Crippen LogP contribution is -2.69. The molecule has 1 aromatic carbocycles. The average molecular weight is 364 g/mol. The first-order valence-corrected chi connectivity index (χ1v) is 9.36. The van der Waals surface area contributed by atoms with Crippen LogP contribution in [-0.2, 0) is 22.6 Å². The maximum Gasteiger partial charge on any atom is 0.247 e. The largest absolute Gasteiger partial charge is 0.332 e. The Morgan fingerprint density at radius 2 is 1.70 bits per heavy atom. The number of aromatic nitrogens is 1. The maximum absolute atomic E-state index is 13.1. The number of fused-ring (bicyclic) bond motifs is 1. The lowest BCUT2D eigenvalue weighted by atomic mass is 9.97. The molecule has 6 nitrogen and oxygen atoms in total. The Kier molecular flexibility index (Phi) is 4.90. The number of carbonyl (C=O) groups excluding carboxylic acids is 2. The van der Waals surface area contributed by atoms with Crippen molar-refractivity contribution in [3.05, 3.63) is 66.0 Å². The number of likely N-dealkylation sites (N-methyl/N-ethyl adjacent to an activating group) is 1. The molecule has 0 aliphatic carbocycles. The summed E-state index contributed by atoms with van der Waals surface area (Å²) in [6, 6.07) is 13.1. The summed E-state index contributed by atoms with van der Waals surface area (Å²) in [7, 11) is 1.76. The second-order valence-corrected chi connectivity index (χ2v) is 7.29. The van der Waals surface area contributed by atoms with Gasteiger partial charge in [0, 0.05) is 52.0 Å². The molecular formula is C21H24N4O2. The zero-order valence-electron chi connectivity index (χ0n) is 15.5. The molecule has 4 rings (SSSR count). The van der Waals surface area contributed by atoms with Crippen molar-refractivity contribution in [1.29, 1.82) is 0 Å². The van der Waals surface area contributed by atoms with E-state index >= 15 is 0 Å². The monoisotopic (exact) mass is 364 g/mol. The summed E-state index contributed by atoms with van der Waals surface area (Å²) >= 11 is 0. The van der Waals surface area contributed by atoms with Crippen LogP contribution in [0.3, 0.4) is 0 Å². The molecule has 2 aliphatic heterocycles. The van der Waals surface area contributed by atoms with Crippen molar-refractivity contribution < 1.29 is 9.59 Å². The third-order valence-corrected chi connectivity index (χ3v) is 5.56. The zero-order valence-corrected chi connectivity index (χ0v) is 15.5. The van der Waals surface area contributed by atoms with Gasteiger partial charge in [0.25, 0.3) is 0 Å². The zero-order chi connectivity index (χ0) is 18.8. The number of carbonyl (C=O) groups is 2. The average Bonchev–Trinajstić information content (AvgIpc) is 2.71. The molecule has 0 bridgehead atoms. The molecule has 2 atom stereocenters. The van der Waals surface area contributed by atoms with Gasteiger partial charge in [0.15, 0.2) is 0 Å². The van der Waals surface area contributed by atoms with E-state index in [9.17, 15) is 9.59 Å². The Morgan fingerprint density at radius 1 is 0.963 bits per heavy atom. The van der Waals surface area contributed by atoms with Gasteiger partial charge < -0.3 is 9.80 Å². The fraction of sp³-hybridized carbons (Fsp3) is 0.381. The summed E-state index contributed by atoms with van der Waals surface area (Å²) in [6.07, 6.45) is 4.12. The van der Waals surface area contributed by atoms with E-state index in [0.29, 0.717) is 19.5 Å². The van der Waals surface area contributed by atoms with Crippen molar-refractivity contribution in [3.8, 4) is 0 Å². The summed E-state index contributed by atoms with van der Waals surface area (Å²) in [5, 5.41) is 0. The van der Waals surface area contributed by atoms with E-state index in [1.807, 2.05) is 42.5 Å². The second kappa shape index (κ2) is 7.48. The minimum Gasteiger partial charge on any atom is -0.332 e. The van der Waals surface area contributed by atoms with E-state index < -0.39 is 6.04 Å². The van der Waals surface area contributed by atoms with Crippen LogP contribution in [0.5, 0.6) is 0 Å². The summed E-state index contributed by atoms with van der Waals surface area (Å²) in [6.45, 7) is 2.72. The van der Waals surface area contributed by atoms with Crippen LogP contribution in [0.1, 0.15) is 11.1 Å². The number of pyridine rings is 1. The van der Waals surface area contributed by atoms with Gasteiger partial charge in [-0.25, -0.2) is 0 Å². The molecule has 2 aromatic rings. The van der Waals surface area contributed by atoms with E-state index in [2.05, 4.69) is 9.88 Å². The molecule has 0 radical (unpaired) electrons. The maximum atomic E-state index is 13.1. The smallest absolute Gasteiger partial charge is 0.247 e. The van der Waals surface area contributed by atoms with Crippen LogP contribution < -0.4 is 0 Å². The molecule has 1 aromatic heterocycles. The Balaban J connectivity index is 1.47. The fourth-order valence-corrected chi connectivity index (χ4v) is 4.01. The van der Waals surface area contributed by atoms with Gasteiger partial charge in [-0.3, -0.25) is 19.5 Å². The third-order valence-electron chi connectivity index (χ3n) is 5.56. The van der Waals surface area contributed by atoms with Crippen LogP contribution in [0.15, 0.2) is 54.9 Å². The number of benzene rings is 1. The van der Waals surface area contributed by atoms with E-state index in [1.54, 1.807) is 29.2 Å². The topological polar surface area (TPSA) is 56.8 Å². The molecule has 0 spiro atoms. The molecular weight excluding hydrogens is 340 g/mol. The molecule has 2 aliphatic rings. The summed E-state index contributed by atoms with van der Waals surface area (Å²) in [5.41, 5.74) is 2.24. The highest BCUT2D eigenvalue weighted by Crippen LogP contribution is 2.24. The van der Waals surface area contributed by atoms with Crippen LogP contribution in [-0.4, -0.2) is 70.3 Å². The summed E-state index contributed by atoms with van der Waals surface area (Å²) in [5.74, 6) is 0.101. The highest BCUT2D eigenvalue weighted by atomic mass is 16.2. The molecule has 2 saturated heterocycles. The third kappa shape index (κ3) is 3.57. The molecule has 2 fully saturated rings. The first-order valence-electron chi connectivity index (χ1n) is 9.36. The number of hydrogen-bond acceptors (Lipinski definition) is 4. The second-order valence-electron chi connectivity index (χ2n) is 7.29. The Morgan fingerprint density at radius 3 is 2.44 bits per heavy atom. The molecule has 3 heterocycles. The molecule has 27 heavy (non-hydrogen) atoms. The Labute approximate surface area is 159 Å². The molecule has 0 unspecified atom stereocenters. The molecule has 2 amide bonds. The van der Waals surface area contributed by atoms with Gasteiger partial charge in [-0.1, -0.05) is 30.3 Å². The number of rotatable bonds is 4. The summed E-state index contributed by atoms with van der Waals surface area (Å²) < 4.78 is 0. The SMILES string of the molecule is CN1C(=O)[C@H]2CN(Cc3ccncc3)CCN2C(=O)[C@@H]1Cc1ccccc1. The quantitative estimate of drug-likeness (QED) is 0.818. The van der Waals surface area contributed by atoms with Gasteiger partial charge in [0.05, 0.1) is 0 Å². The van der Waals surface area contributed by atoms with Crippen molar-refractivity contribution >= 4 is 11.8 Å². The first kappa shape index (κ1) is 17.7. The Bertz CT molecular complexity index is 811. The van der Waals surface area contributed by atoms with Crippen molar-refractivity contribution in [2.24, 2.45) is 0 Å². The van der Waals surface area contributed by atoms with Crippen molar-refractivity contribution in [2.75, 3.05) is 26.7 Å². The van der Waals surface area contributed by atoms with E-state index in [1.165, 1.54) is 5.56 Å². The van der Waals surface area contributed by atoms with Crippen molar-refractivity contribution in [1.82, 2.24) is 19.7 Å². The number of hydrogen-bond donors (Lipinski definition) is 0. The van der Waals surface area contributed by atoms with Crippen molar-refractivity contribution in [2.45, 2.75) is 25.0 Å². The minimum absolute atomic E-state index is 0.0370. The lowest BCUT2D eigenvalue weighted by molar-refractivity contribution is -0.164. The number of amides is 2. The van der Waals surface area contributed by atoms with E-state index in [-0.39, 0.29) is 17.9 Å². The molecule has 0 N–H and O–H groups in total. The number of piperazine rings is 2. The lowest BCUT2D eigenvalue weighted by Gasteiger charge is -2.48. The van der Waals surface area contributed by atoms with Crippen molar-refractivity contribution in [3.63, 3.8) is 0 Å². The Hall–Kier alpha value is -2.73. The van der Waals surface area contributed by atoms with Gasteiger partial charge in [-0.15, -0.1) is 0 Å². The molecule has 140 valence electrons.